The van der Waals surface area contributed by atoms with E-state index in [2.05, 4.69) is 21.9 Å². The van der Waals surface area contributed by atoms with Gasteiger partial charge < -0.3 is 35.3 Å². The van der Waals surface area contributed by atoms with E-state index >= 15 is 0 Å². The summed E-state index contributed by atoms with van der Waals surface area (Å²) in [7, 11) is 0. The van der Waals surface area contributed by atoms with Gasteiger partial charge in [0.15, 0.2) is 0 Å². The average Bonchev–Trinajstić information content (AvgIpc) is 3.32. The molecule has 2 fully saturated rings. The van der Waals surface area contributed by atoms with Crippen molar-refractivity contribution in [2.24, 2.45) is 0 Å². The van der Waals surface area contributed by atoms with Gasteiger partial charge in [0.25, 0.3) is 0 Å². The molecule has 12 nitrogen and oxygen atoms in total. The molecule has 1 aromatic heterocycles. The minimum atomic E-state index is -0.512. The molecule has 2 aromatic carbocycles. The number of likely N-dealkylation sites (tertiary alicyclic amines) is 2. The number of fused-ring (bicyclic) bond motifs is 1. The van der Waals surface area contributed by atoms with Crippen LogP contribution in [0.15, 0.2) is 53.3 Å². The number of para-hydroxylation sites is 4. The van der Waals surface area contributed by atoms with Crippen LogP contribution >= 0.6 is 11.6 Å². The number of benzene rings is 2. The summed E-state index contributed by atoms with van der Waals surface area (Å²) >= 11 is 4.64. The zero-order chi connectivity index (χ0) is 35.6. The van der Waals surface area contributed by atoms with Crippen molar-refractivity contribution in [3.63, 3.8) is 0 Å². The van der Waals surface area contributed by atoms with Crippen LogP contribution in [0.1, 0.15) is 80.2 Å². The molecule has 5 rings (SSSR count). The average molecular weight is 687 g/mol. The first-order chi connectivity index (χ1) is 22.4. The summed E-state index contributed by atoms with van der Waals surface area (Å²) in [6.45, 7) is 15.1. The molecule has 48 heavy (non-hydrogen) atoms. The fourth-order valence-electron chi connectivity index (χ4n) is 5.53. The molecule has 0 saturated carbocycles. The Morgan fingerprint density at radius 2 is 1.38 bits per heavy atom. The molecule has 0 spiro atoms. The number of piperidine rings is 2. The van der Waals surface area contributed by atoms with E-state index in [4.69, 9.17) is 15.2 Å². The first-order valence-electron chi connectivity index (χ1n) is 16.4. The number of carbonyl (C=O) groups excluding carboxylic acids is 3. The molecule has 13 heteroatoms. The number of anilines is 2. The minimum Gasteiger partial charge on any atom is -0.444 e. The summed E-state index contributed by atoms with van der Waals surface area (Å²) in [4.78, 5) is 52.3. The number of H-pyrrole nitrogens is 1. The monoisotopic (exact) mass is 686 g/mol. The van der Waals surface area contributed by atoms with Crippen LogP contribution in [-0.2, 0) is 14.3 Å². The van der Waals surface area contributed by atoms with Crippen molar-refractivity contribution < 1.29 is 23.9 Å². The number of hydrogen-bond donors (Lipinski definition) is 3. The maximum Gasteiger partial charge on any atom is 0.410 e. The van der Waals surface area contributed by atoms with Crippen molar-refractivity contribution in [3.05, 3.63) is 59.0 Å². The van der Waals surface area contributed by atoms with Gasteiger partial charge in [-0.1, -0.05) is 24.3 Å². The largest absolute Gasteiger partial charge is 0.444 e. The smallest absolute Gasteiger partial charge is 0.410 e. The van der Waals surface area contributed by atoms with Gasteiger partial charge in [-0.25, -0.2) is 14.4 Å². The molecular weight excluding hydrogens is 636 g/mol. The number of hydrogen-bond acceptors (Lipinski definition) is 8. The second-order valence-electron chi connectivity index (χ2n) is 14.0. The van der Waals surface area contributed by atoms with Crippen LogP contribution in [0.5, 0.6) is 0 Å². The van der Waals surface area contributed by atoms with Gasteiger partial charge in [0.1, 0.15) is 11.2 Å². The predicted molar refractivity (Wildman–Crippen MR) is 190 cm³/mol. The quantitative estimate of drug-likeness (QED) is 0.202. The van der Waals surface area contributed by atoms with E-state index in [9.17, 15) is 19.2 Å². The van der Waals surface area contributed by atoms with Crippen molar-refractivity contribution in [2.75, 3.05) is 37.2 Å². The molecule has 0 unspecified atom stereocenters. The Bertz CT molecular complexity index is 1590. The summed E-state index contributed by atoms with van der Waals surface area (Å²) in [5.74, 6) is 0. The van der Waals surface area contributed by atoms with Crippen LogP contribution in [0.3, 0.4) is 0 Å². The molecule has 2 saturated heterocycles. The van der Waals surface area contributed by atoms with Gasteiger partial charge in [0.05, 0.1) is 28.5 Å². The highest BCUT2D eigenvalue weighted by Crippen LogP contribution is 2.26. The van der Waals surface area contributed by atoms with E-state index in [0.717, 1.165) is 54.6 Å². The van der Waals surface area contributed by atoms with Gasteiger partial charge in [0.2, 0.25) is 5.24 Å². The van der Waals surface area contributed by atoms with Crippen LogP contribution in [0.2, 0.25) is 0 Å². The Hall–Kier alpha value is -4.19. The van der Waals surface area contributed by atoms with Gasteiger partial charge in [0, 0.05) is 39.1 Å². The summed E-state index contributed by atoms with van der Waals surface area (Å²) in [6, 6.07) is 15.5. The molecule has 2 amide bonds. The number of imidazole rings is 1. The summed E-state index contributed by atoms with van der Waals surface area (Å²) in [5.41, 5.74) is 8.22. The molecule has 2 aliphatic rings. The zero-order valence-electron chi connectivity index (χ0n) is 29.2. The zero-order valence-corrected chi connectivity index (χ0v) is 29.9. The standard InChI is InChI=1S/C17H23N3O3.C16H25N3O2.C2H3ClO/c1-17(2,3)23-16(22)19-10-6-7-12(11-19)20-14-9-5-4-8-13(14)18-15(20)21;1-16(2,3)21-15(20)19-10-6-7-12(11-19)18-14-9-5-4-8-13(14)17;1-2(3)4/h4-5,8-9,12H,6-7,10-11H2,1-3H3,(H,18,21);4-5,8-9,12,18H,6-7,10-11,17H2,1-3H3;1H3/t2*12-;/m11./s1. The van der Waals surface area contributed by atoms with E-state index < -0.39 is 11.2 Å². The Morgan fingerprint density at radius 1 is 0.854 bits per heavy atom. The van der Waals surface area contributed by atoms with Crippen molar-refractivity contribution in [2.45, 2.75) is 97.4 Å². The number of rotatable bonds is 3. The number of ether oxygens (including phenoxy) is 2. The van der Waals surface area contributed by atoms with Crippen LogP contribution < -0.4 is 16.7 Å². The number of nitrogens with zero attached hydrogens (tertiary/aromatic N) is 3. The van der Waals surface area contributed by atoms with Gasteiger partial charge in [-0.2, -0.15) is 0 Å². The van der Waals surface area contributed by atoms with Crippen LogP contribution in [0.4, 0.5) is 21.0 Å². The van der Waals surface area contributed by atoms with Crippen LogP contribution in [0.25, 0.3) is 11.0 Å². The number of aromatic nitrogens is 2. The lowest BCUT2D eigenvalue weighted by Gasteiger charge is -2.35. The normalized spacial score (nSPS) is 18.1. The Balaban J connectivity index is 0.000000235. The molecule has 4 N–H and O–H groups in total. The lowest BCUT2D eigenvalue weighted by Crippen LogP contribution is -2.47. The fourth-order valence-corrected chi connectivity index (χ4v) is 5.53. The molecule has 0 aliphatic carbocycles. The third-order valence-electron chi connectivity index (χ3n) is 7.43. The van der Waals surface area contributed by atoms with E-state index in [1.807, 2.05) is 90.1 Å². The van der Waals surface area contributed by atoms with E-state index in [1.165, 1.54) is 6.92 Å². The van der Waals surface area contributed by atoms with Crippen molar-refractivity contribution >= 4 is 51.4 Å². The molecule has 3 heterocycles. The second kappa shape index (κ2) is 16.8. The second-order valence-corrected chi connectivity index (χ2v) is 14.5. The third kappa shape index (κ3) is 12.1. The highest BCUT2D eigenvalue weighted by molar-refractivity contribution is 6.62. The van der Waals surface area contributed by atoms with Crippen molar-refractivity contribution in [3.8, 4) is 0 Å². The van der Waals surface area contributed by atoms with Gasteiger partial charge in [-0.15, -0.1) is 0 Å². The lowest BCUT2D eigenvalue weighted by atomic mass is 10.1. The van der Waals surface area contributed by atoms with Crippen molar-refractivity contribution in [1.82, 2.24) is 19.4 Å². The lowest BCUT2D eigenvalue weighted by molar-refractivity contribution is -0.109. The van der Waals surface area contributed by atoms with Gasteiger partial charge >= 0.3 is 17.9 Å². The van der Waals surface area contributed by atoms with Crippen LogP contribution in [-0.4, -0.2) is 80.2 Å². The Labute approximate surface area is 287 Å². The number of nitrogen functional groups attached to an aromatic ring is 1. The van der Waals surface area contributed by atoms with Gasteiger partial charge in [-0.05, 0) is 103 Å². The number of carbonyl (C=O) groups is 3. The molecule has 2 aliphatic heterocycles. The summed E-state index contributed by atoms with van der Waals surface area (Å²) in [5, 5.41) is 3.06. The number of nitrogens with one attached hydrogen (secondary N) is 2. The first-order valence-corrected chi connectivity index (χ1v) is 16.7. The maximum atomic E-state index is 12.3. The molecule has 264 valence electrons. The third-order valence-corrected chi connectivity index (χ3v) is 7.43. The highest BCUT2D eigenvalue weighted by atomic mass is 35.5. The molecule has 0 bridgehead atoms. The predicted octanol–water partition coefficient (Wildman–Crippen LogP) is 6.75. The number of aromatic amines is 1. The summed E-state index contributed by atoms with van der Waals surface area (Å²) < 4.78 is 12.7. The Kier molecular flexibility index (Phi) is 13.4. The molecule has 0 radical (unpaired) electrons. The molecule has 3 aromatic rings. The SMILES string of the molecule is CC(=O)Cl.CC(C)(C)OC(=O)N1CCC[C@@H](Nc2ccccc2N)C1.CC(C)(C)OC(=O)N1CCC[C@@H](n2c(=O)[nH]c3ccccc32)C1. The minimum absolute atomic E-state index is 0.0279. The topological polar surface area (TPSA) is 152 Å². The maximum absolute atomic E-state index is 12.3. The molecule has 2 atom stereocenters. The number of amides is 2. The van der Waals surface area contributed by atoms with Crippen LogP contribution in [0, 0.1) is 0 Å². The molecular formula is C35H51ClN6O6. The van der Waals surface area contributed by atoms with Gasteiger partial charge in [-0.3, -0.25) is 9.36 Å². The number of halogens is 1. The number of nitrogens with two attached hydrogens (primary N) is 1. The van der Waals surface area contributed by atoms with E-state index in [-0.39, 0.29) is 35.2 Å². The Morgan fingerprint density at radius 3 is 1.96 bits per heavy atom. The fraction of sp³-hybridized carbons (Fsp3) is 0.543. The van der Waals surface area contributed by atoms with E-state index in [0.29, 0.717) is 19.6 Å². The summed E-state index contributed by atoms with van der Waals surface area (Å²) in [6.07, 6.45) is 3.17. The first kappa shape index (κ1) is 38.3. The highest BCUT2D eigenvalue weighted by Gasteiger charge is 2.30. The van der Waals surface area contributed by atoms with Crippen molar-refractivity contribution in [1.29, 1.82) is 0 Å². The van der Waals surface area contributed by atoms with E-state index in [1.54, 1.807) is 14.4 Å².